The number of aromatic nitrogens is 3. The van der Waals surface area contributed by atoms with E-state index in [1.807, 2.05) is 59.1 Å². The highest BCUT2D eigenvalue weighted by Crippen LogP contribution is 2.05. The summed E-state index contributed by atoms with van der Waals surface area (Å²) in [6.45, 7) is 2.45. The Morgan fingerprint density at radius 1 is 1.17 bits per heavy atom. The van der Waals surface area contributed by atoms with Crippen LogP contribution in [0.15, 0.2) is 54.7 Å². The lowest BCUT2D eigenvalue weighted by Crippen LogP contribution is -2.34. The van der Waals surface area contributed by atoms with Crippen molar-refractivity contribution in [1.29, 1.82) is 0 Å². The molecule has 0 aliphatic rings. The van der Waals surface area contributed by atoms with Crippen LogP contribution < -0.4 is 5.32 Å². The van der Waals surface area contributed by atoms with Crippen LogP contribution in [0.25, 0.3) is 5.65 Å². The molecule has 3 aromatic rings. The van der Waals surface area contributed by atoms with Gasteiger partial charge in [-0.25, -0.2) is 0 Å². The molecule has 3 rings (SSSR count). The van der Waals surface area contributed by atoms with E-state index in [2.05, 4.69) is 15.5 Å². The third kappa shape index (κ3) is 3.73. The van der Waals surface area contributed by atoms with Gasteiger partial charge >= 0.3 is 0 Å². The van der Waals surface area contributed by atoms with Crippen molar-refractivity contribution >= 4 is 11.6 Å². The molecule has 1 aromatic carbocycles. The van der Waals surface area contributed by atoms with Crippen LogP contribution in [0.3, 0.4) is 0 Å². The SMILES string of the molecule is CC(OCc1ccccc1)C(=O)NCc1nnc2ccccn12. The molecular formula is C17H18N4O2. The molecule has 0 radical (unpaired) electrons. The maximum Gasteiger partial charge on any atom is 0.249 e. The maximum absolute atomic E-state index is 12.1. The smallest absolute Gasteiger partial charge is 0.249 e. The average Bonchev–Trinajstić information content (AvgIpc) is 3.01. The van der Waals surface area contributed by atoms with Crippen LogP contribution in [-0.4, -0.2) is 26.6 Å². The summed E-state index contributed by atoms with van der Waals surface area (Å²) in [4.78, 5) is 12.1. The number of ether oxygens (including phenoxy) is 1. The number of fused-ring (bicyclic) bond motifs is 1. The molecule has 23 heavy (non-hydrogen) atoms. The predicted octanol–water partition coefficient (Wildman–Crippen LogP) is 1.95. The minimum absolute atomic E-state index is 0.173. The third-order valence-electron chi connectivity index (χ3n) is 3.52. The molecule has 1 unspecified atom stereocenters. The lowest BCUT2D eigenvalue weighted by Gasteiger charge is -2.13. The monoisotopic (exact) mass is 310 g/mol. The average molecular weight is 310 g/mol. The Hall–Kier alpha value is -2.73. The fourth-order valence-electron chi connectivity index (χ4n) is 2.19. The van der Waals surface area contributed by atoms with E-state index >= 15 is 0 Å². The number of hydrogen-bond donors (Lipinski definition) is 1. The number of amides is 1. The van der Waals surface area contributed by atoms with E-state index in [4.69, 9.17) is 4.74 Å². The number of nitrogens with one attached hydrogen (secondary N) is 1. The van der Waals surface area contributed by atoms with Gasteiger partial charge in [0.25, 0.3) is 0 Å². The molecule has 0 fully saturated rings. The summed E-state index contributed by atoms with van der Waals surface area (Å²) in [5.74, 6) is 0.512. The summed E-state index contributed by atoms with van der Waals surface area (Å²) < 4.78 is 7.44. The van der Waals surface area contributed by atoms with Gasteiger partial charge in [0.2, 0.25) is 5.91 Å². The van der Waals surface area contributed by atoms with Crippen LogP contribution in [0.5, 0.6) is 0 Å². The molecule has 1 amide bonds. The molecule has 0 aliphatic heterocycles. The van der Waals surface area contributed by atoms with Gasteiger partial charge < -0.3 is 10.1 Å². The molecule has 0 saturated carbocycles. The fourth-order valence-corrected chi connectivity index (χ4v) is 2.19. The van der Waals surface area contributed by atoms with Gasteiger partial charge in [-0.05, 0) is 24.6 Å². The molecule has 1 atom stereocenters. The van der Waals surface area contributed by atoms with Crippen LogP contribution in [0.4, 0.5) is 0 Å². The van der Waals surface area contributed by atoms with Crippen molar-refractivity contribution in [3.63, 3.8) is 0 Å². The molecule has 6 nitrogen and oxygen atoms in total. The molecule has 0 spiro atoms. The van der Waals surface area contributed by atoms with Crippen LogP contribution in [-0.2, 0) is 22.7 Å². The predicted molar refractivity (Wildman–Crippen MR) is 85.5 cm³/mol. The Labute approximate surface area is 134 Å². The second kappa shape index (κ2) is 7.02. The first-order valence-corrected chi connectivity index (χ1v) is 7.46. The Balaban J connectivity index is 1.52. The number of carbonyl (C=O) groups is 1. The molecule has 2 aromatic heterocycles. The van der Waals surface area contributed by atoms with Gasteiger partial charge in [0, 0.05) is 6.20 Å². The van der Waals surface area contributed by atoms with Crippen molar-refractivity contribution in [2.75, 3.05) is 0 Å². The minimum Gasteiger partial charge on any atom is -0.364 e. The van der Waals surface area contributed by atoms with E-state index in [1.165, 1.54) is 0 Å². The van der Waals surface area contributed by atoms with Crippen molar-refractivity contribution in [1.82, 2.24) is 19.9 Å². The lowest BCUT2D eigenvalue weighted by atomic mass is 10.2. The molecule has 2 heterocycles. The molecule has 0 aliphatic carbocycles. The van der Waals surface area contributed by atoms with Gasteiger partial charge in [-0.15, -0.1) is 10.2 Å². The summed E-state index contributed by atoms with van der Waals surface area (Å²) in [5, 5.41) is 11.0. The van der Waals surface area contributed by atoms with E-state index in [-0.39, 0.29) is 5.91 Å². The second-order valence-electron chi connectivity index (χ2n) is 5.20. The highest BCUT2D eigenvalue weighted by Gasteiger charge is 2.14. The van der Waals surface area contributed by atoms with Crippen LogP contribution in [0.2, 0.25) is 0 Å². The Morgan fingerprint density at radius 2 is 1.96 bits per heavy atom. The number of nitrogens with zero attached hydrogens (tertiary/aromatic N) is 3. The zero-order valence-electron chi connectivity index (χ0n) is 12.8. The normalized spacial score (nSPS) is 12.2. The van der Waals surface area contributed by atoms with Crippen molar-refractivity contribution < 1.29 is 9.53 Å². The molecule has 0 saturated heterocycles. The largest absolute Gasteiger partial charge is 0.364 e. The van der Waals surface area contributed by atoms with Crippen molar-refractivity contribution in [2.24, 2.45) is 0 Å². The Morgan fingerprint density at radius 3 is 2.78 bits per heavy atom. The van der Waals surface area contributed by atoms with Crippen molar-refractivity contribution in [3.05, 3.63) is 66.1 Å². The van der Waals surface area contributed by atoms with Crippen molar-refractivity contribution in [2.45, 2.75) is 26.2 Å². The Bertz CT molecular complexity index is 785. The van der Waals surface area contributed by atoms with Gasteiger partial charge in [-0.2, -0.15) is 0 Å². The summed E-state index contributed by atoms with van der Waals surface area (Å²) >= 11 is 0. The molecule has 1 N–H and O–H groups in total. The highest BCUT2D eigenvalue weighted by atomic mass is 16.5. The van der Waals surface area contributed by atoms with Crippen molar-refractivity contribution in [3.8, 4) is 0 Å². The standard InChI is InChI=1S/C17H18N4O2/c1-13(23-12-14-7-3-2-4-8-14)17(22)18-11-16-20-19-15-9-5-6-10-21(15)16/h2-10,13H,11-12H2,1H3,(H,18,22). The van der Waals surface area contributed by atoms with Crippen LogP contribution in [0.1, 0.15) is 18.3 Å². The van der Waals surface area contributed by atoms with Gasteiger partial charge in [0.15, 0.2) is 11.5 Å². The van der Waals surface area contributed by atoms with E-state index in [0.29, 0.717) is 19.0 Å². The summed E-state index contributed by atoms with van der Waals surface area (Å²) in [7, 11) is 0. The number of benzene rings is 1. The Kier molecular flexibility index (Phi) is 4.63. The molecule has 6 heteroatoms. The first-order chi connectivity index (χ1) is 11.2. The zero-order valence-corrected chi connectivity index (χ0v) is 12.8. The summed E-state index contributed by atoms with van der Waals surface area (Å²) in [6.07, 6.45) is 1.33. The highest BCUT2D eigenvalue weighted by molar-refractivity contribution is 5.80. The van der Waals surface area contributed by atoms with E-state index in [1.54, 1.807) is 6.92 Å². The number of carbonyl (C=O) groups excluding carboxylic acids is 1. The molecular weight excluding hydrogens is 292 g/mol. The summed E-state index contributed by atoms with van der Waals surface area (Å²) in [5.41, 5.74) is 1.79. The second-order valence-corrected chi connectivity index (χ2v) is 5.20. The van der Waals surface area contributed by atoms with E-state index in [0.717, 1.165) is 11.2 Å². The first-order valence-electron chi connectivity index (χ1n) is 7.46. The topological polar surface area (TPSA) is 68.5 Å². The first kappa shape index (κ1) is 15.2. The fraction of sp³-hybridized carbons (Fsp3) is 0.235. The lowest BCUT2D eigenvalue weighted by molar-refractivity contribution is -0.132. The van der Waals surface area contributed by atoms with E-state index in [9.17, 15) is 4.79 Å². The number of pyridine rings is 1. The maximum atomic E-state index is 12.1. The van der Waals surface area contributed by atoms with Gasteiger partial charge in [0.05, 0.1) is 13.2 Å². The quantitative estimate of drug-likeness (QED) is 0.755. The zero-order chi connectivity index (χ0) is 16.1. The number of hydrogen-bond acceptors (Lipinski definition) is 4. The molecule has 0 bridgehead atoms. The summed E-state index contributed by atoms with van der Waals surface area (Å²) in [6, 6.07) is 15.4. The number of rotatable bonds is 6. The van der Waals surface area contributed by atoms with Gasteiger partial charge in [-0.3, -0.25) is 9.20 Å². The molecule has 118 valence electrons. The minimum atomic E-state index is -0.533. The third-order valence-corrected chi connectivity index (χ3v) is 3.52. The van der Waals surface area contributed by atoms with Crippen LogP contribution >= 0.6 is 0 Å². The van der Waals surface area contributed by atoms with E-state index < -0.39 is 6.10 Å². The van der Waals surface area contributed by atoms with Gasteiger partial charge in [-0.1, -0.05) is 36.4 Å². The van der Waals surface area contributed by atoms with Gasteiger partial charge in [0.1, 0.15) is 6.10 Å². The van der Waals surface area contributed by atoms with Crippen LogP contribution in [0, 0.1) is 0 Å².